The van der Waals surface area contributed by atoms with E-state index in [-0.39, 0.29) is 0 Å². The number of rotatable bonds is 4. The van der Waals surface area contributed by atoms with Crippen molar-refractivity contribution in [1.29, 1.82) is 0 Å². The van der Waals surface area contributed by atoms with Crippen LogP contribution in [0.2, 0.25) is 0 Å². The molecule has 0 bridgehead atoms. The van der Waals surface area contributed by atoms with Crippen molar-refractivity contribution in [3.63, 3.8) is 0 Å². The van der Waals surface area contributed by atoms with Crippen molar-refractivity contribution < 1.29 is 0 Å². The van der Waals surface area contributed by atoms with Crippen LogP contribution in [0.5, 0.6) is 0 Å². The molecule has 78 valence electrons. The monoisotopic (exact) mass is 202 g/mol. The van der Waals surface area contributed by atoms with E-state index in [2.05, 4.69) is 42.7 Å². The molecule has 1 saturated heterocycles. The molecular formula is C10H22N2S. The molecule has 0 radical (unpaired) electrons. The molecular weight excluding hydrogens is 180 g/mol. The van der Waals surface area contributed by atoms with E-state index in [0.29, 0.717) is 12.1 Å². The van der Waals surface area contributed by atoms with E-state index < -0.39 is 0 Å². The largest absolute Gasteiger partial charge is 0.313 e. The highest BCUT2D eigenvalue weighted by Gasteiger charge is 2.16. The second kappa shape index (κ2) is 5.89. The molecule has 0 spiro atoms. The number of hydrogen-bond acceptors (Lipinski definition) is 3. The van der Waals surface area contributed by atoms with E-state index in [0.717, 1.165) is 6.54 Å². The lowest BCUT2D eigenvalue weighted by atomic mass is 10.2. The Morgan fingerprint density at radius 3 is 2.38 bits per heavy atom. The van der Waals surface area contributed by atoms with Crippen molar-refractivity contribution in [2.75, 3.05) is 31.1 Å². The second-order valence-corrected chi connectivity index (χ2v) is 5.29. The van der Waals surface area contributed by atoms with E-state index in [1.807, 2.05) is 0 Å². The fraction of sp³-hybridized carbons (Fsp3) is 1.00. The smallest absolute Gasteiger partial charge is 0.0193 e. The van der Waals surface area contributed by atoms with Crippen LogP contribution < -0.4 is 5.32 Å². The van der Waals surface area contributed by atoms with E-state index in [1.54, 1.807) is 0 Å². The predicted octanol–water partition coefficient (Wildman–Crippen LogP) is 1.42. The maximum atomic E-state index is 3.49. The Morgan fingerprint density at radius 2 is 1.85 bits per heavy atom. The summed E-state index contributed by atoms with van der Waals surface area (Å²) >= 11 is 2.08. The van der Waals surface area contributed by atoms with E-state index in [9.17, 15) is 0 Å². The Hall–Kier alpha value is 0.270. The molecule has 1 rings (SSSR count). The van der Waals surface area contributed by atoms with Crippen LogP contribution in [-0.2, 0) is 0 Å². The lowest BCUT2D eigenvalue weighted by molar-refractivity contribution is 0.222. The van der Waals surface area contributed by atoms with Gasteiger partial charge in [0.1, 0.15) is 0 Å². The molecule has 0 aliphatic carbocycles. The van der Waals surface area contributed by atoms with Crippen LogP contribution in [0, 0.1) is 0 Å². The summed E-state index contributed by atoms with van der Waals surface area (Å²) in [5.74, 6) is 2.62. The van der Waals surface area contributed by atoms with Crippen LogP contribution in [0.25, 0.3) is 0 Å². The molecule has 2 nitrogen and oxygen atoms in total. The number of nitrogens with one attached hydrogen (secondary N) is 1. The normalized spacial score (nSPS) is 22.2. The highest BCUT2D eigenvalue weighted by Crippen LogP contribution is 2.11. The lowest BCUT2D eigenvalue weighted by Crippen LogP contribution is -2.45. The van der Waals surface area contributed by atoms with Crippen LogP contribution in [-0.4, -0.2) is 48.1 Å². The van der Waals surface area contributed by atoms with Gasteiger partial charge in [0.05, 0.1) is 0 Å². The summed E-state index contributed by atoms with van der Waals surface area (Å²) in [5.41, 5.74) is 0. The third-order valence-electron chi connectivity index (χ3n) is 2.49. The first-order valence-corrected chi connectivity index (χ1v) is 6.41. The molecule has 0 saturated carbocycles. The van der Waals surface area contributed by atoms with Crippen molar-refractivity contribution in [3.8, 4) is 0 Å². The first-order chi connectivity index (χ1) is 6.20. The fourth-order valence-electron chi connectivity index (χ4n) is 1.55. The van der Waals surface area contributed by atoms with Gasteiger partial charge < -0.3 is 5.32 Å². The summed E-state index contributed by atoms with van der Waals surface area (Å²) in [6.45, 7) is 10.4. The van der Waals surface area contributed by atoms with Crippen molar-refractivity contribution >= 4 is 11.8 Å². The third-order valence-corrected chi connectivity index (χ3v) is 3.43. The minimum Gasteiger partial charge on any atom is -0.313 e. The average Bonchev–Trinajstić information content (AvgIpc) is 2.15. The van der Waals surface area contributed by atoms with Gasteiger partial charge in [0.15, 0.2) is 0 Å². The van der Waals surface area contributed by atoms with Gasteiger partial charge in [-0.25, -0.2) is 0 Å². The number of hydrogen-bond donors (Lipinski definition) is 1. The third kappa shape index (κ3) is 4.34. The van der Waals surface area contributed by atoms with Gasteiger partial charge in [0, 0.05) is 43.2 Å². The molecule has 0 aromatic rings. The molecule has 13 heavy (non-hydrogen) atoms. The van der Waals surface area contributed by atoms with Gasteiger partial charge in [-0.15, -0.1) is 0 Å². The Kier molecular flexibility index (Phi) is 5.14. The molecule has 1 fully saturated rings. The summed E-state index contributed by atoms with van der Waals surface area (Å²) in [5, 5.41) is 3.49. The minimum absolute atomic E-state index is 0.613. The summed E-state index contributed by atoms with van der Waals surface area (Å²) in [7, 11) is 0. The number of nitrogens with zero attached hydrogens (tertiary/aromatic N) is 1. The van der Waals surface area contributed by atoms with Crippen molar-refractivity contribution in [1.82, 2.24) is 10.2 Å². The maximum absolute atomic E-state index is 3.49. The van der Waals surface area contributed by atoms with E-state index in [4.69, 9.17) is 0 Å². The summed E-state index contributed by atoms with van der Waals surface area (Å²) in [6.07, 6.45) is 0. The minimum atomic E-state index is 0.613. The molecule has 1 atom stereocenters. The zero-order valence-corrected chi connectivity index (χ0v) is 9.86. The van der Waals surface area contributed by atoms with Crippen LogP contribution in [0.4, 0.5) is 0 Å². The van der Waals surface area contributed by atoms with Gasteiger partial charge in [-0.05, 0) is 6.92 Å². The van der Waals surface area contributed by atoms with Crippen molar-refractivity contribution in [3.05, 3.63) is 0 Å². The Morgan fingerprint density at radius 1 is 1.23 bits per heavy atom. The van der Waals surface area contributed by atoms with Crippen LogP contribution in [0.1, 0.15) is 20.8 Å². The first-order valence-electron chi connectivity index (χ1n) is 5.25. The molecule has 1 unspecified atom stereocenters. The Labute approximate surface area is 86.5 Å². The molecule has 1 aliphatic rings. The van der Waals surface area contributed by atoms with Gasteiger partial charge in [-0.3, -0.25) is 4.90 Å². The van der Waals surface area contributed by atoms with Crippen LogP contribution in [0.3, 0.4) is 0 Å². The van der Waals surface area contributed by atoms with Crippen molar-refractivity contribution in [2.24, 2.45) is 0 Å². The molecule has 1 aliphatic heterocycles. The summed E-state index contributed by atoms with van der Waals surface area (Å²) in [4.78, 5) is 2.59. The van der Waals surface area contributed by atoms with Crippen LogP contribution in [0.15, 0.2) is 0 Å². The van der Waals surface area contributed by atoms with Gasteiger partial charge >= 0.3 is 0 Å². The maximum Gasteiger partial charge on any atom is 0.0193 e. The number of thioether (sulfide) groups is 1. The average molecular weight is 202 g/mol. The van der Waals surface area contributed by atoms with Gasteiger partial charge in [0.2, 0.25) is 0 Å². The van der Waals surface area contributed by atoms with E-state index in [1.165, 1.54) is 24.6 Å². The zero-order chi connectivity index (χ0) is 9.68. The van der Waals surface area contributed by atoms with Crippen LogP contribution >= 0.6 is 11.8 Å². The zero-order valence-electron chi connectivity index (χ0n) is 9.05. The quantitative estimate of drug-likeness (QED) is 0.742. The molecule has 3 heteroatoms. The topological polar surface area (TPSA) is 15.3 Å². The highest BCUT2D eigenvalue weighted by atomic mass is 32.2. The Bertz CT molecular complexity index is 133. The van der Waals surface area contributed by atoms with Crippen molar-refractivity contribution in [2.45, 2.75) is 32.9 Å². The highest BCUT2D eigenvalue weighted by molar-refractivity contribution is 7.99. The second-order valence-electron chi connectivity index (χ2n) is 4.06. The van der Waals surface area contributed by atoms with Gasteiger partial charge in [-0.2, -0.15) is 11.8 Å². The van der Waals surface area contributed by atoms with Gasteiger partial charge in [0.25, 0.3) is 0 Å². The molecule has 0 amide bonds. The standard InChI is InChI=1S/C10H22N2S/c1-9(2)11-8-10(3)12-4-6-13-7-5-12/h9-11H,4-8H2,1-3H3. The Balaban J connectivity index is 2.17. The molecule has 0 aromatic heterocycles. The summed E-state index contributed by atoms with van der Waals surface area (Å²) in [6, 6.07) is 1.31. The molecule has 1 heterocycles. The van der Waals surface area contributed by atoms with Gasteiger partial charge in [-0.1, -0.05) is 13.8 Å². The first kappa shape index (κ1) is 11.3. The predicted molar refractivity (Wildman–Crippen MR) is 61.5 cm³/mol. The fourth-order valence-corrected chi connectivity index (χ4v) is 2.48. The SMILES string of the molecule is CC(C)NCC(C)N1CCSCC1. The summed E-state index contributed by atoms with van der Waals surface area (Å²) < 4.78 is 0. The molecule has 1 N–H and O–H groups in total. The molecule has 0 aromatic carbocycles. The van der Waals surface area contributed by atoms with E-state index >= 15 is 0 Å². The lowest BCUT2D eigenvalue weighted by Gasteiger charge is -2.32.